The number of nitrogens with zero attached hydrogens (tertiary/aromatic N) is 3. The number of carbonyl (C=O) groups excluding carboxylic acids is 1. The predicted octanol–water partition coefficient (Wildman–Crippen LogP) is 5.01. The Kier molecular flexibility index (Phi) is 5.11. The van der Waals surface area contributed by atoms with E-state index in [0.29, 0.717) is 0 Å². The number of nitrogens with one attached hydrogen (secondary N) is 1. The fourth-order valence-electron chi connectivity index (χ4n) is 4.17. The molecule has 0 bridgehead atoms. The zero-order valence-electron chi connectivity index (χ0n) is 15.6. The summed E-state index contributed by atoms with van der Waals surface area (Å²) in [5, 5.41) is 9.06. The Morgan fingerprint density at radius 3 is 2.71 bits per heavy atom. The van der Waals surface area contributed by atoms with Crippen molar-refractivity contribution in [3.05, 3.63) is 34.2 Å². The third kappa shape index (κ3) is 3.64. The van der Waals surface area contributed by atoms with Crippen molar-refractivity contribution in [3.63, 3.8) is 0 Å². The van der Waals surface area contributed by atoms with Gasteiger partial charge in [-0.25, -0.2) is 4.68 Å². The molecule has 2 aromatic rings. The molecular weight excluding hydrogens is 389 g/mol. The number of fused-ring (bicyclic) bond motifs is 1. The molecule has 5 nitrogen and oxygen atoms in total. The molecular formula is C19H23F3N4OS. The molecule has 0 spiro atoms. The molecule has 1 N–H and O–H groups in total. The summed E-state index contributed by atoms with van der Waals surface area (Å²) in [5.41, 5.74) is 0.0663. The maximum Gasteiger partial charge on any atom is 0.410 e. The molecule has 28 heavy (non-hydrogen) atoms. The minimum Gasteiger partial charge on any atom is -0.363 e. The van der Waals surface area contributed by atoms with Gasteiger partial charge in [0.05, 0.1) is 6.04 Å². The molecule has 2 atom stereocenters. The average Bonchev–Trinajstić information content (AvgIpc) is 3.35. The van der Waals surface area contributed by atoms with E-state index in [1.54, 1.807) is 11.9 Å². The smallest absolute Gasteiger partial charge is 0.363 e. The molecule has 0 aromatic carbocycles. The number of hydrogen-bond donors (Lipinski definition) is 1. The second-order valence-electron chi connectivity index (χ2n) is 7.57. The molecule has 2 aromatic heterocycles. The molecule has 1 amide bonds. The van der Waals surface area contributed by atoms with Crippen molar-refractivity contribution in [1.29, 1.82) is 0 Å². The minimum absolute atomic E-state index is 0.0663. The topological polar surface area (TPSA) is 50.2 Å². The van der Waals surface area contributed by atoms with E-state index in [1.807, 2.05) is 17.5 Å². The first-order chi connectivity index (χ1) is 13.3. The molecule has 3 heterocycles. The number of halogens is 3. The number of thiophene rings is 1. The first-order valence-corrected chi connectivity index (χ1v) is 10.5. The van der Waals surface area contributed by atoms with Gasteiger partial charge in [-0.05, 0) is 24.3 Å². The van der Waals surface area contributed by atoms with Crippen molar-refractivity contribution in [3.8, 4) is 0 Å². The van der Waals surface area contributed by atoms with Crippen LogP contribution in [0.4, 0.5) is 19.0 Å². The van der Waals surface area contributed by atoms with Crippen LogP contribution in [0.5, 0.6) is 0 Å². The van der Waals surface area contributed by atoms with Gasteiger partial charge in [0.15, 0.2) is 11.7 Å². The van der Waals surface area contributed by atoms with Crippen LogP contribution in [0.25, 0.3) is 0 Å². The van der Waals surface area contributed by atoms with Crippen LogP contribution in [0.1, 0.15) is 66.0 Å². The van der Waals surface area contributed by atoms with Crippen molar-refractivity contribution in [2.45, 2.75) is 62.8 Å². The van der Waals surface area contributed by atoms with Crippen LogP contribution in [-0.2, 0) is 0 Å². The summed E-state index contributed by atoms with van der Waals surface area (Å²) in [6.07, 6.45) is 0.584. The van der Waals surface area contributed by atoms with Crippen molar-refractivity contribution in [1.82, 2.24) is 14.7 Å². The Hall–Kier alpha value is -2.03. The van der Waals surface area contributed by atoms with Gasteiger partial charge in [0.25, 0.3) is 5.91 Å². The van der Waals surface area contributed by atoms with Gasteiger partial charge in [0, 0.05) is 30.5 Å². The molecule has 0 saturated heterocycles. The number of amides is 1. The highest BCUT2D eigenvalue weighted by Crippen LogP contribution is 2.44. The van der Waals surface area contributed by atoms with Gasteiger partial charge in [-0.2, -0.15) is 18.3 Å². The minimum atomic E-state index is -4.44. The van der Waals surface area contributed by atoms with E-state index in [0.717, 1.165) is 35.2 Å². The number of rotatable bonds is 3. The highest BCUT2D eigenvalue weighted by molar-refractivity contribution is 7.10. The van der Waals surface area contributed by atoms with Gasteiger partial charge in [-0.3, -0.25) is 4.79 Å². The SMILES string of the molecule is CN(C(=O)c1cc2n(n1)[C@H](C(F)(F)F)C[C@H](c1cccs1)N2)C1CCCCC1. The molecule has 1 fully saturated rings. The van der Waals surface area contributed by atoms with E-state index in [4.69, 9.17) is 0 Å². The first kappa shape index (κ1) is 19.3. The van der Waals surface area contributed by atoms with Gasteiger partial charge >= 0.3 is 6.18 Å². The quantitative estimate of drug-likeness (QED) is 0.771. The molecule has 4 rings (SSSR count). The molecule has 1 aliphatic heterocycles. The molecule has 0 unspecified atom stereocenters. The summed E-state index contributed by atoms with van der Waals surface area (Å²) < 4.78 is 42.1. The second kappa shape index (κ2) is 7.42. The normalized spacial score (nSPS) is 23.1. The lowest BCUT2D eigenvalue weighted by atomic mass is 9.94. The van der Waals surface area contributed by atoms with Crippen LogP contribution < -0.4 is 5.32 Å². The Bertz CT molecular complexity index is 827. The Morgan fingerprint density at radius 2 is 2.07 bits per heavy atom. The van der Waals surface area contributed by atoms with Gasteiger partial charge in [-0.1, -0.05) is 25.3 Å². The largest absolute Gasteiger partial charge is 0.410 e. The molecule has 0 radical (unpaired) electrons. The van der Waals surface area contributed by atoms with Crippen molar-refractivity contribution in [2.75, 3.05) is 12.4 Å². The highest BCUT2D eigenvalue weighted by atomic mass is 32.1. The van der Waals surface area contributed by atoms with E-state index in [2.05, 4.69) is 10.4 Å². The molecule has 152 valence electrons. The molecule has 1 saturated carbocycles. The Labute approximate surface area is 165 Å². The molecule has 9 heteroatoms. The Morgan fingerprint density at radius 1 is 1.32 bits per heavy atom. The van der Waals surface area contributed by atoms with Crippen LogP contribution in [0.3, 0.4) is 0 Å². The lowest BCUT2D eigenvalue weighted by Crippen LogP contribution is -2.38. The van der Waals surface area contributed by atoms with Gasteiger partial charge in [0.1, 0.15) is 5.82 Å². The monoisotopic (exact) mass is 412 g/mol. The Balaban J connectivity index is 1.62. The van der Waals surface area contributed by atoms with Crippen LogP contribution in [0.2, 0.25) is 0 Å². The van der Waals surface area contributed by atoms with Crippen LogP contribution in [0.15, 0.2) is 23.6 Å². The number of anilines is 1. The highest BCUT2D eigenvalue weighted by Gasteiger charge is 2.47. The second-order valence-corrected chi connectivity index (χ2v) is 8.55. The van der Waals surface area contributed by atoms with Gasteiger partial charge in [-0.15, -0.1) is 11.3 Å². The fraction of sp³-hybridized carbons (Fsp3) is 0.579. The average molecular weight is 412 g/mol. The summed E-state index contributed by atoms with van der Waals surface area (Å²) in [5.74, 6) is -0.0726. The van der Waals surface area contributed by atoms with Crippen molar-refractivity contribution < 1.29 is 18.0 Å². The summed E-state index contributed by atoms with van der Waals surface area (Å²) in [7, 11) is 1.72. The summed E-state index contributed by atoms with van der Waals surface area (Å²) in [6, 6.07) is 3.03. The first-order valence-electron chi connectivity index (χ1n) is 9.58. The van der Waals surface area contributed by atoms with Gasteiger partial charge < -0.3 is 10.2 Å². The van der Waals surface area contributed by atoms with E-state index in [9.17, 15) is 18.0 Å². The maximum atomic E-state index is 13.7. The third-order valence-electron chi connectivity index (χ3n) is 5.74. The fourth-order valence-corrected chi connectivity index (χ4v) is 4.96. The van der Waals surface area contributed by atoms with Gasteiger partial charge in [0.2, 0.25) is 0 Å². The van der Waals surface area contributed by atoms with Crippen molar-refractivity contribution in [2.24, 2.45) is 0 Å². The van der Waals surface area contributed by atoms with Crippen molar-refractivity contribution >= 4 is 23.1 Å². The number of aromatic nitrogens is 2. The van der Waals surface area contributed by atoms with E-state index in [-0.39, 0.29) is 29.9 Å². The number of alkyl halides is 3. The predicted molar refractivity (Wildman–Crippen MR) is 102 cm³/mol. The lowest BCUT2D eigenvalue weighted by Gasteiger charge is -2.32. The standard InChI is InChI=1S/C19H23F3N4OS/c1-25(12-6-3-2-4-7-12)18(27)14-11-17-23-13(15-8-5-9-28-15)10-16(19(20,21)22)26(17)24-14/h5,8-9,11-13,16,23H,2-4,6-7,10H2,1H3/t13-,16+/m1/s1. The molecule has 1 aliphatic carbocycles. The zero-order chi connectivity index (χ0) is 19.9. The molecule has 2 aliphatic rings. The maximum absolute atomic E-state index is 13.7. The number of hydrogen-bond acceptors (Lipinski definition) is 4. The summed E-state index contributed by atoms with van der Waals surface area (Å²) in [6.45, 7) is 0. The number of carbonyl (C=O) groups is 1. The van der Waals surface area contributed by atoms with E-state index < -0.39 is 18.3 Å². The summed E-state index contributed by atoms with van der Waals surface area (Å²) >= 11 is 1.42. The third-order valence-corrected chi connectivity index (χ3v) is 6.72. The lowest BCUT2D eigenvalue weighted by molar-refractivity contribution is -0.173. The van der Waals surface area contributed by atoms with Crippen LogP contribution >= 0.6 is 11.3 Å². The zero-order valence-corrected chi connectivity index (χ0v) is 16.4. The summed E-state index contributed by atoms with van der Waals surface area (Å²) in [4.78, 5) is 15.4. The van der Waals surface area contributed by atoms with E-state index >= 15 is 0 Å². The van der Waals surface area contributed by atoms with Crippen LogP contribution in [-0.4, -0.2) is 39.9 Å². The van der Waals surface area contributed by atoms with Crippen LogP contribution in [0, 0.1) is 0 Å². The van der Waals surface area contributed by atoms with E-state index in [1.165, 1.54) is 23.8 Å².